The summed E-state index contributed by atoms with van der Waals surface area (Å²) >= 11 is 1.95. The van der Waals surface area contributed by atoms with E-state index in [0.717, 1.165) is 6.07 Å². The van der Waals surface area contributed by atoms with Crippen LogP contribution in [0.25, 0.3) is 0 Å². The molecule has 0 spiro atoms. The predicted molar refractivity (Wildman–Crippen MR) is 98.2 cm³/mol. The van der Waals surface area contributed by atoms with Crippen LogP contribution in [0, 0.1) is 20.7 Å². The van der Waals surface area contributed by atoms with E-state index in [1.165, 1.54) is 18.3 Å². The molecule has 0 radical (unpaired) electrons. The van der Waals surface area contributed by atoms with Crippen molar-refractivity contribution in [1.29, 1.82) is 5.26 Å². The summed E-state index contributed by atoms with van der Waals surface area (Å²) in [6.45, 7) is 2.18. The van der Waals surface area contributed by atoms with E-state index in [-0.39, 0.29) is 16.9 Å². The van der Waals surface area contributed by atoms with Gasteiger partial charge in [-0.05, 0) is 65.4 Å². The van der Waals surface area contributed by atoms with Crippen LogP contribution < -0.4 is 10.2 Å². The molecule has 0 aliphatic rings. The van der Waals surface area contributed by atoms with Gasteiger partial charge in [0.1, 0.15) is 5.82 Å². The second kappa shape index (κ2) is 8.43. The van der Waals surface area contributed by atoms with Crippen LogP contribution in [-0.2, 0) is 0 Å². The first-order chi connectivity index (χ1) is 12.0. The van der Waals surface area contributed by atoms with Gasteiger partial charge in [0.15, 0.2) is 11.5 Å². The molecular formula is C17H13FIN3O3. The summed E-state index contributed by atoms with van der Waals surface area (Å²) in [4.78, 5) is 11.9. The Labute approximate surface area is 157 Å². The average Bonchev–Trinajstić information content (AvgIpc) is 2.59. The lowest BCUT2D eigenvalue weighted by Crippen LogP contribution is -2.19. The maximum atomic E-state index is 13.8. The first kappa shape index (κ1) is 18.7. The Morgan fingerprint density at radius 3 is 2.88 bits per heavy atom. The molecule has 0 aromatic heterocycles. The standard InChI is InChI=1S/C17H13FIN3O3/c1-2-25-15-7-11(6-14(19)16(15)23)9-21-22-17(24)12-4-3-10(8-20)5-13(12)18/h3-7,9,23H,2H2,1H3,(H,22,24)/b21-9-. The highest BCUT2D eigenvalue weighted by Gasteiger charge is 2.12. The molecule has 2 aromatic carbocycles. The molecule has 0 fully saturated rings. The number of carbonyl (C=O) groups excluding carboxylic acids is 1. The SMILES string of the molecule is CCOc1cc(/C=N\NC(=O)c2ccc(C#N)cc2F)cc(I)c1O. The van der Waals surface area contributed by atoms with E-state index >= 15 is 0 Å². The predicted octanol–water partition coefficient (Wildman–Crippen LogP) is 3.17. The first-order valence-electron chi connectivity index (χ1n) is 7.14. The van der Waals surface area contributed by atoms with E-state index in [1.807, 2.05) is 22.6 Å². The van der Waals surface area contributed by atoms with Crippen molar-refractivity contribution in [3.63, 3.8) is 0 Å². The van der Waals surface area contributed by atoms with Crippen LogP contribution in [-0.4, -0.2) is 23.8 Å². The third-order valence-corrected chi connectivity index (χ3v) is 3.90. The molecule has 0 aliphatic heterocycles. The van der Waals surface area contributed by atoms with E-state index in [2.05, 4.69) is 10.5 Å². The molecule has 0 aliphatic carbocycles. The van der Waals surface area contributed by atoms with Crippen LogP contribution in [0.5, 0.6) is 11.5 Å². The van der Waals surface area contributed by atoms with Crippen LogP contribution in [0.2, 0.25) is 0 Å². The number of rotatable bonds is 5. The van der Waals surface area contributed by atoms with Gasteiger partial charge in [0.25, 0.3) is 5.91 Å². The van der Waals surface area contributed by atoms with Gasteiger partial charge in [-0.3, -0.25) is 4.79 Å². The second-order valence-corrected chi connectivity index (χ2v) is 5.95. The fraction of sp³-hybridized carbons (Fsp3) is 0.118. The van der Waals surface area contributed by atoms with Gasteiger partial charge in [0, 0.05) is 0 Å². The molecule has 0 saturated carbocycles. The number of carbonyl (C=O) groups is 1. The van der Waals surface area contributed by atoms with Gasteiger partial charge in [0.05, 0.1) is 33.6 Å². The molecule has 25 heavy (non-hydrogen) atoms. The summed E-state index contributed by atoms with van der Waals surface area (Å²) in [6.07, 6.45) is 1.35. The number of nitrogens with one attached hydrogen (secondary N) is 1. The van der Waals surface area contributed by atoms with Crippen molar-refractivity contribution in [3.05, 3.63) is 56.4 Å². The fourth-order valence-corrected chi connectivity index (χ4v) is 2.55. The largest absolute Gasteiger partial charge is 0.504 e. The highest BCUT2D eigenvalue weighted by molar-refractivity contribution is 14.1. The summed E-state index contributed by atoms with van der Waals surface area (Å²) < 4.78 is 19.6. The highest BCUT2D eigenvalue weighted by Crippen LogP contribution is 2.32. The Balaban J connectivity index is 2.13. The third kappa shape index (κ3) is 4.67. The zero-order valence-corrected chi connectivity index (χ0v) is 15.2. The van der Waals surface area contributed by atoms with Gasteiger partial charge in [-0.15, -0.1) is 0 Å². The third-order valence-electron chi connectivity index (χ3n) is 3.07. The zero-order valence-electron chi connectivity index (χ0n) is 13.1. The molecule has 2 rings (SSSR count). The summed E-state index contributed by atoms with van der Waals surface area (Å²) in [6, 6.07) is 8.55. The molecule has 0 atom stereocenters. The lowest BCUT2D eigenvalue weighted by atomic mass is 10.1. The number of hydrogen-bond acceptors (Lipinski definition) is 5. The number of phenolic OH excluding ortho intramolecular Hbond substituents is 1. The average molecular weight is 453 g/mol. The molecular weight excluding hydrogens is 440 g/mol. The van der Waals surface area contributed by atoms with E-state index < -0.39 is 11.7 Å². The van der Waals surface area contributed by atoms with Gasteiger partial charge in [-0.1, -0.05) is 0 Å². The molecule has 0 bridgehead atoms. The van der Waals surface area contributed by atoms with E-state index in [0.29, 0.717) is 21.5 Å². The number of nitriles is 1. The summed E-state index contributed by atoms with van der Waals surface area (Å²) in [7, 11) is 0. The van der Waals surface area contributed by atoms with Gasteiger partial charge in [-0.2, -0.15) is 10.4 Å². The second-order valence-electron chi connectivity index (χ2n) is 4.79. The monoisotopic (exact) mass is 453 g/mol. The number of hydrazone groups is 1. The normalized spacial score (nSPS) is 10.5. The van der Waals surface area contributed by atoms with Crippen LogP contribution in [0.4, 0.5) is 4.39 Å². The lowest BCUT2D eigenvalue weighted by Gasteiger charge is -2.08. The maximum absolute atomic E-state index is 13.8. The van der Waals surface area contributed by atoms with Crippen molar-refractivity contribution in [1.82, 2.24) is 5.43 Å². The summed E-state index contributed by atoms with van der Waals surface area (Å²) in [5.74, 6) is -1.20. The Hall–Kier alpha value is -2.67. The number of amides is 1. The first-order valence-corrected chi connectivity index (χ1v) is 8.22. The molecule has 128 valence electrons. The topological polar surface area (TPSA) is 94.7 Å². The zero-order chi connectivity index (χ0) is 18.4. The quantitative estimate of drug-likeness (QED) is 0.413. The number of hydrogen-bond donors (Lipinski definition) is 2. The molecule has 0 unspecified atom stereocenters. The smallest absolute Gasteiger partial charge is 0.274 e. The van der Waals surface area contributed by atoms with Gasteiger partial charge in [0.2, 0.25) is 0 Å². The number of ether oxygens (including phenoxy) is 1. The molecule has 6 nitrogen and oxygen atoms in total. The van der Waals surface area contributed by atoms with Crippen LogP contribution in [0.1, 0.15) is 28.4 Å². The van der Waals surface area contributed by atoms with Gasteiger partial charge >= 0.3 is 0 Å². The van der Waals surface area contributed by atoms with E-state index in [1.54, 1.807) is 25.1 Å². The fourth-order valence-electron chi connectivity index (χ4n) is 1.93. The van der Waals surface area contributed by atoms with Gasteiger partial charge < -0.3 is 9.84 Å². The van der Waals surface area contributed by atoms with Crippen molar-refractivity contribution in [3.8, 4) is 17.6 Å². The molecule has 2 N–H and O–H groups in total. The minimum Gasteiger partial charge on any atom is -0.504 e. The van der Waals surface area contributed by atoms with Crippen molar-refractivity contribution in [2.75, 3.05) is 6.61 Å². The molecule has 2 aromatic rings. The van der Waals surface area contributed by atoms with Crippen molar-refractivity contribution in [2.24, 2.45) is 5.10 Å². The Kier molecular flexibility index (Phi) is 6.30. The van der Waals surface area contributed by atoms with E-state index in [4.69, 9.17) is 10.00 Å². The Morgan fingerprint density at radius 2 is 2.24 bits per heavy atom. The Bertz CT molecular complexity index is 878. The number of phenols is 1. The molecule has 0 saturated heterocycles. The summed E-state index contributed by atoms with van der Waals surface area (Å²) in [5, 5.41) is 22.3. The van der Waals surface area contributed by atoms with Crippen molar-refractivity contribution in [2.45, 2.75) is 6.92 Å². The van der Waals surface area contributed by atoms with Crippen LogP contribution in [0.15, 0.2) is 35.4 Å². The Morgan fingerprint density at radius 1 is 1.48 bits per heavy atom. The summed E-state index contributed by atoms with van der Waals surface area (Å²) in [5.41, 5.74) is 2.71. The van der Waals surface area contributed by atoms with Crippen molar-refractivity contribution < 1.29 is 19.0 Å². The van der Waals surface area contributed by atoms with Crippen LogP contribution in [0.3, 0.4) is 0 Å². The minimum atomic E-state index is -0.801. The number of benzene rings is 2. The number of halogens is 2. The molecule has 8 heteroatoms. The number of nitrogens with zero attached hydrogens (tertiary/aromatic N) is 2. The van der Waals surface area contributed by atoms with Gasteiger partial charge in [-0.25, -0.2) is 9.82 Å². The van der Waals surface area contributed by atoms with Crippen molar-refractivity contribution >= 4 is 34.7 Å². The molecule has 1 amide bonds. The molecule has 0 heterocycles. The number of aromatic hydroxyl groups is 1. The van der Waals surface area contributed by atoms with Crippen LogP contribution >= 0.6 is 22.6 Å². The minimum absolute atomic E-state index is 0.0308. The highest BCUT2D eigenvalue weighted by atomic mass is 127. The maximum Gasteiger partial charge on any atom is 0.274 e. The lowest BCUT2D eigenvalue weighted by molar-refractivity contribution is 0.0951. The van der Waals surface area contributed by atoms with E-state index in [9.17, 15) is 14.3 Å².